The van der Waals surface area contributed by atoms with Crippen LogP contribution in [0.2, 0.25) is 0 Å². The lowest BCUT2D eigenvalue weighted by Gasteiger charge is -2.01. The van der Waals surface area contributed by atoms with Crippen LogP contribution >= 0.6 is 0 Å². The Kier molecular flexibility index (Phi) is 2.59. The molecule has 0 unspecified atom stereocenters. The zero-order valence-electron chi connectivity index (χ0n) is 8.17. The van der Waals surface area contributed by atoms with Gasteiger partial charge in [-0.1, -0.05) is 0 Å². The Labute approximate surface area is 86.1 Å². The summed E-state index contributed by atoms with van der Waals surface area (Å²) in [5.41, 5.74) is 6.03. The van der Waals surface area contributed by atoms with E-state index < -0.39 is 0 Å². The number of rotatable bonds is 3. The second-order valence-corrected chi connectivity index (χ2v) is 2.77. The maximum absolute atomic E-state index is 5.37. The van der Waals surface area contributed by atoms with Crippen molar-refractivity contribution < 1.29 is 9.15 Å². The van der Waals surface area contributed by atoms with E-state index in [0.29, 0.717) is 23.2 Å². The van der Waals surface area contributed by atoms with Crippen LogP contribution in [0.1, 0.15) is 5.89 Å². The van der Waals surface area contributed by atoms with Gasteiger partial charge in [-0.25, -0.2) is 4.98 Å². The Morgan fingerprint density at radius 3 is 3.00 bits per heavy atom. The minimum absolute atomic E-state index is 0.218. The maximum atomic E-state index is 5.37. The fraction of sp³-hybridized carbons (Fsp3) is 0.222. The fourth-order valence-electron chi connectivity index (χ4n) is 1.16. The molecular weight excluding hydrogens is 196 g/mol. The summed E-state index contributed by atoms with van der Waals surface area (Å²) in [5, 5.41) is 7.61. The van der Waals surface area contributed by atoms with Gasteiger partial charge in [-0.2, -0.15) is 0 Å². The predicted molar refractivity (Wildman–Crippen MR) is 52.0 cm³/mol. The monoisotopic (exact) mass is 206 g/mol. The summed E-state index contributed by atoms with van der Waals surface area (Å²) in [6.07, 6.45) is 1.63. The zero-order chi connectivity index (χ0) is 10.7. The minimum Gasteiger partial charge on any atom is -0.480 e. The van der Waals surface area contributed by atoms with E-state index in [1.54, 1.807) is 18.3 Å². The molecule has 15 heavy (non-hydrogen) atoms. The molecule has 0 saturated heterocycles. The largest absolute Gasteiger partial charge is 0.480 e. The molecule has 2 heterocycles. The molecular formula is C9H10N4O2. The molecule has 0 saturated carbocycles. The highest BCUT2D eigenvalue weighted by molar-refractivity contribution is 5.59. The van der Waals surface area contributed by atoms with Crippen molar-refractivity contribution in [1.82, 2.24) is 15.2 Å². The molecule has 6 heteroatoms. The van der Waals surface area contributed by atoms with Crippen LogP contribution in [0.15, 0.2) is 22.7 Å². The molecule has 0 fully saturated rings. The van der Waals surface area contributed by atoms with Gasteiger partial charge < -0.3 is 14.9 Å². The van der Waals surface area contributed by atoms with Gasteiger partial charge in [0.05, 0.1) is 13.7 Å². The third-order valence-corrected chi connectivity index (χ3v) is 1.84. The Morgan fingerprint density at radius 2 is 2.33 bits per heavy atom. The Bertz CT molecular complexity index is 455. The van der Waals surface area contributed by atoms with Crippen LogP contribution in [0.25, 0.3) is 11.5 Å². The summed E-state index contributed by atoms with van der Waals surface area (Å²) < 4.78 is 10.4. The van der Waals surface area contributed by atoms with Gasteiger partial charge in [-0.3, -0.25) is 0 Å². The maximum Gasteiger partial charge on any atom is 0.253 e. The van der Waals surface area contributed by atoms with Gasteiger partial charge in [-0.15, -0.1) is 10.2 Å². The van der Waals surface area contributed by atoms with Gasteiger partial charge >= 0.3 is 0 Å². The number of ether oxygens (including phenoxy) is 1. The molecule has 0 aliphatic rings. The SMILES string of the molecule is COc1ncccc1-c1nnc(CN)o1. The molecule has 78 valence electrons. The quantitative estimate of drug-likeness (QED) is 0.791. The van der Waals surface area contributed by atoms with Gasteiger partial charge in [0.2, 0.25) is 11.8 Å². The zero-order valence-corrected chi connectivity index (χ0v) is 8.17. The standard InChI is InChI=1S/C9H10N4O2/c1-14-8-6(3-2-4-11-8)9-13-12-7(5-10)15-9/h2-4H,5,10H2,1H3. The van der Waals surface area contributed by atoms with E-state index in [1.165, 1.54) is 7.11 Å². The van der Waals surface area contributed by atoms with Gasteiger partial charge in [0.25, 0.3) is 5.89 Å². The van der Waals surface area contributed by atoms with Crippen LogP contribution in [0.4, 0.5) is 0 Å². The molecule has 2 N–H and O–H groups in total. The molecule has 0 aliphatic heterocycles. The van der Waals surface area contributed by atoms with Gasteiger partial charge in [0, 0.05) is 6.20 Å². The van der Waals surface area contributed by atoms with Crippen LogP contribution in [0.3, 0.4) is 0 Å². The average molecular weight is 206 g/mol. The van der Waals surface area contributed by atoms with Crippen LogP contribution in [0, 0.1) is 0 Å². The first kappa shape index (κ1) is 9.60. The highest BCUT2D eigenvalue weighted by Crippen LogP contribution is 2.25. The normalized spacial score (nSPS) is 10.3. The van der Waals surface area contributed by atoms with Crippen LogP contribution in [-0.4, -0.2) is 22.3 Å². The van der Waals surface area contributed by atoms with Crippen molar-refractivity contribution in [3.8, 4) is 17.3 Å². The first-order valence-corrected chi connectivity index (χ1v) is 4.37. The molecule has 0 aromatic carbocycles. The molecule has 0 radical (unpaired) electrons. The molecule has 0 bridgehead atoms. The Balaban J connectivity index is 2.44. The minimum atomic E-state index is 0.218. The summed E-state index contributed by atoms with van der Waals surface area (Å²) >= 11 is 0. The lowest BCUT2D eigenvalue weighted by molar-refractivity contribution is 0.397. The summed E-state index contributed by atoms with van der Waals surface area (Å²) in [4.78, 5) is 4.03. The third-order valence-electron chi connectivity index (χ3n) is 1.84. The van der Waals surface area contributed by atoms with E-state index in [0.717, 1.165) is 0 Å². The van der Waals surface area contributed by atoms with Crippen LogP contribution < -0.4 is 10.5 Å². The molecule has 0 aliphatic carbocycles. The highest BCUT2D eigenvalue weighted by Gasteiger charge is 2.12. The number of pyridine rings is 1. The van der Waals surface area contributed by atoms with Crippen LogP contribution in [0.5, 0.6) is 5.88 Å². The molecule has 2 aromatic rings. The van der Waals surface area contributed by atoms with E-state index in [1.807, 2.05) is 0 Å². The Hall–Kier alpha value is -1.95. The molecule has 0 spiro atoms. The lowest BCUT2D eigenvalue weighted by atomic mass is 10.3. The highest BCUT2D eigenvalue weighted by atomic mass is 16.5. The van der Waals surface area contributed by atoms with E-state index in [2.05, 4.69) is 15.2 Å². The average Bonchev–Trinajstić information content (AvgIpc) is 2.77. The molecule has 0 amide bonds. The van der Waals surface area contributed by atoms with E-state index in [4.69, 9.17) is 14.9 Å². The first-order valence-electron chi connectivity index (χ1n) is 4.37. The van der Waals surface area contributed by atoms with Crippen molar-refractivity contribution in [2.24, 2.45) is 5.73 Å². The van der Waals surface area contributed by atoms with Crippen molar-refractivity contribution in [3.05, 3.63) is 24.2 Å². The van der Waals surface area contributed by atoms with Crippen molar-refractivity contribution in [2.45, 2.75) is 6.54 Å². The molecule has 6 nitrogen and oxygen atoms in total. The summed E-state index contributed by atoms with van der Waals surface area (Å²) in [7, 11) is 1.53. The van der Waals surface area contributed by atoms with E-state index >= 15 is 0 Å². The predicted octanol–water partition coefficient (Wildman–Crippen LogP) is 0.599. The first-order chi connectivity index (χ1) is 7.35. The smallest absolute Gasteiger partial charge is 0.253 e. The van der Waals surface area contributed by atoms with E-state index in [-0.39, 0.29) is 6.54 Å². The number of nitrogens with two attached hydrogens (primary N) is 1. The number of hydrogen-bond donors (Lipinski definition) is 1. The van der Waals surface area contributed by atoms with Crippen LogP contribution in [-0.2, 0) is 6.54 Å². The summed E-state index contributed by atoms with van der Waals surface area (Å²) in [5.74, 6) is 1.20. The fourth-order valence-corrected chi connectivity index (χ4v) is 1.16. The second-order valence-electron chi connectivity index (χ2n) is 2.77. The van der Waals surface area contributed by atoms with Gasteiger partial charge in [0.15, 0.2) is 0 Å². The number of aromatic nitrogens is 3. The Morgan fingerprint density at radius 1 is 1.47 bits per heavy atom. The van der Waals surface area contributed by atoms with Crippen molar-refractivity contribution in [1.29, 1.82) is 0 Å². The third kappa shape index (κ3) is 1.79. The second kappa shape index (κ2) is 4.05. The van der Waals surface area contributed by atoms with Crippen molar-refractivity contribution in [2.75, 3.05) is 7.11 Å². The molecule has 0 atom stereocenters. The summed E-state index contributed by atoms with van der Waals surface area (Å²) in [6, 6.07) is 3.56. The topological polar surface area (TPSA) is 87.1 Å². The van der Waals surface area contributed by atoms with Gasteiger partial charge in [-0.05, 0) is 12.1 Å². The number of nitrogens with zero attached hydrogens (tertiary/aromatic N) is 3. The van der Waals surface area contributed by atoms with Gasteiger partial charge in [0.1, 0.15) is 5.56 Å². The van der Waals surface area contributed by atoms with Crippen molar-refractivity contribution in [3.63, 3.8) is 0 Å². The number of methoxy groups -OCH3 is 1. The molecule has 2 rings (SSSR count). The summed E-state index contributed by atoms with van der Waals surface area (Å²) in [6.45, 7) is 0.218. The lowest BCUT2D eigenvalue weighted by Crippen LogP contribution is -1.95. The van der Waals surface area contributed by atoms with Crippen molar-refractivity contribution >= 4 is 0 Å². The van der Waals surface area contributed by atoms with E-state index in [9.17, 15) is 0 Å². The number of hydrogen-bond acceptors (Lipinski definition) is 6. The molecule has 2 aromatic heterocycles.